The minimum absolute atomic E-state index is 0.813. The highest BCUT2D eigenvalue weighted by Crippen LogP contribution is 2.17. The van der Waals surface area contributed by atoms with Crippen molar-refractivity contribution >= 4 is 11.5 Å². The molecule has 0 aromatic carbocycles. The Morgan fingerprint density at radius 1 is 1.18 bits per heavy atom. The second kappa shape index (κ2) is 6.18. The van der Waals surface area contributed by atoms with Gasteiger partial charge in [-0.05, 0) is 31.8 Å². The number of hydrogen-bond donors (Lipinski definition) is 1. The van der Waals surface area contributed by atoms with Gasteiger partial charge >= 0.3 is 0 Å². The molecule has 118 valence electrons. The van der Waals surface area contributed by atoms with E-state index in [9.17, 15) is 0 Å². The molecular weight excluding hydrogens is 278 g/mol. The average Bonchev–Trinajstić information content (AvgIpc) is 3.05. The maximum absolute atomic E-state index is 4.31. The van der Waals surface area contributed by atoms with Crippen molar-refractivity contribution < 1.29 is 0 Å². The fourth-order valence-electron chi connectivity index (χ4n) is 3.56. The number of aromatic nitrogens is 4. The summed E-state index contributed by atoms with van der Waals surface area (Å²) >= 11 is 0. The van der Waals surface area contributed by atoms with Crippen LogP contribution in [0.15, 0.2) is 18.7 Å². The molecule has 7 nitrogen and oxygen atoms in total. The van der Waals surface area contributed by atoms with Crippen molar-refractivity contribution in [3.05, 3.63) is 18.7 Å². The van der Waals surface area contributed by atoms with Crippen molar-refractivity contribution in [1.82, 2.24) is 29.8 Å². The standard InChI is InChI=1S/C15H23N7/c1-2-13(8-16-3-1)11-20-4-6-21(7-5-20)15-10-17-9-14-18-12-19-22(14)15/h9-10,12-13,16H,1-8,11H2. The van der Waals surface area contributed by atoms with Crippen LogP contribution in [0.4, 0.5) is 5.82 Å². The van der Waals surface area contributed by atoms with Crippen molar-refractivity contribution in [3.63, 3.8) is 0 Å². The lowest BCUT2D eigenvalue weighted by atomic mass is 9.99. The highest BCUT2D eigenvalue weighted by atomic mass is 15.4. The van der Waals surface area contributed by atoms with E-state index in [0.29, 0.717) is 0 Å². The minimum atomic E-state index is 0.813. The molecule has 7 heteroatoms. The van der Waals surface area contributed by atoms with Gasteiger partial charge < -0.3 is 10.2 Å². The van der Waals surface area contributed by atoms with E-state index in [0.717, 1.165) is 43.6 Å². The van der Waals surface area contributed by atoms with Crippen LogP contribution in [-0.2, 0) is 0 Å². The van der Waals surface area contributed by atoms with Gasteiger partial charge in [0.15, 0.2) is 11.5 Å². The van der Waals surface area contributed by atoms with E-state index >= 15 is 0 Å². The number of piperidine rings is 1. The first kappa shape index (κ1) is 13.9. The third-order valence-electron chi connectivity index (χ3n) is 4.78. The van der Waals surface area contributed by atoms with Gasteiger partial charge in [0.05, 0.1) is 12.4 Å². The zero-order valence-corrected chi connectivity index (χ0v) is 12.9. The van der Waals surface area contributed by atoms with Crippen LogP contribution >= 0.6 is 0 Å². The van der Waals surface area contributed by atoms with Crippen molar-refractivity contribution in [1.29, 1.82) is 0 Å². The molecule has 2 aliphatic rings. The summed E-state index contributed by atoms with van der Waals surface area (Å²) in [6.45, 7) is 7.89. The zero-order valence-electron chi connectivity index (χ0n) is 12.9. The van der Waals surface area contributed by atoms with E-state index < -0.39 is 0 Å². The second-order valence-electron chi connectivity index (χ2n) is 6.30. The molecule has 22 heavy (non-hydrogen) atoms. The summed E-state index contributed by atoms with van der Waals surface area (Å²) < 4.78 is 1.88. The average molecular weight is 301 g/mol. The topological polar surface area (TPSA) is 61.6 Å². The number of rotatable bonds is 3. The third kappa shape index (κ3) is 2.78. The van der Waals surface area contributed by atoms with Crippen LogP contribution in [-0.4, -0.2) is 70.3 Å². The summed E-state index contributed by atoms with van der Waals surface area (Å²) in [7, 11) is 0. The first-order chi connectivity index (χ1) is 10.9. The van der Waals surface area contributed by atoms with Crippen molar-refractivity contribution in [2.45, 2.75) is 12.8 Å². The molecule has 0 radical (unpaired) electrons. The number of hydrogen-bond acceptors (Lipinski definition) is 6. The molecule has 4 heterocycles. The Morgan fingerprint density at radius 2 is 2.09 bits per heavy atom. The fraction of sp³-hybridized carbons (Fsp3) is 0.667. The first-order valence-electron chi connectivity index (χ1n) is 8.22. The molecule has 2 saturated heterocycles. The molecule has 2 fully saturated rings. The monoisotopic (exact) mass is 301 g/mol. The normalized spacial score (nSPS) is 24.0. The van der Waals surface area contributed by atoms with Crippen LogP contribution < -0.4 is 10.2 Å². The smallest absolute Gasteiger partial charge is 0.175 e. The third-order valence-corrected chi connectivity index (χ3v) is 4.78. The second-order valence-corrected chi connectivity index (χ2v) is 6.30. The van der Waals surface area contributed by atoms with E-state index in [1.807, 2.05) is 10.7 Å². The summed E-state index contributed by atoms with van der Waals surface area (Å²) in [4.78, 5) is 13.5. The summed E-state index contributed by atoms with van der Waals surface area (Å²) in [6, 6.07) is 0. The minimum Gasteiger partial charge on any atom is -0.353 e. The summed E-state index contributed by atoms with van der Waals surface area (Å²) in [5.74, 6) is 1.87. The predicted octanol–water partition coefficient (Wildman–Crippen LogP) is 0.246. The number of anilines is 1. The lowest BCUT2D eigenvalue weighted by molar-refractivity contribution is 0.198. The molecular formula is C15H23N7. The Bertz CT molecular complexity index is 611. The van der Waals surface area contributed by atoms with Crippen LogP contribution in [0.3, 0.4) is 0 Å². The summed E-state index contributed by atoms with van der Waals surface area (Å²) in [5, 5.41) is 7.82. The van der Waals surface area contributed by atoms with E-state index in [1.54, 1.807) is 12.5 Å². The Hall–Kier alpha value is -1.73. The lowest BCUT2D eigenvalue weighted by Gasteiger charge is -2.38. The van der Waals surface area contributed by atoms with Gasteiger partial charge in [0.1, 0.15) is 6.33 Å². The van der Waals surface area contributed by atoms with Crippen LogP contribution in [0.25, 0.3) is 5.65 Å². The maximum Gasteiger partial charge on any atom is 0.175 e. The molecule has 1 atom stereocenters. The Labute approximate surface area is 130 Å². The molecule has 2 aromatic heterocycles. The molecule has 2 aromatic rings. The Morgan fingerprint density at radius 3 is 2.91 bits per heavy atom. The molecule has 4 rings (SSSR count). The van der Waals surface area contributed by atoms with Gasteiger partial charge in [0, 0.05) is 32.7 Å². The van der Waals surface area contributed by atoms with Gasteiger partial charge in [-0.25, -0.2) is 4.98 Å². The molecule has 0 aliphatic carbocycles. The van der Waals surface area contributed by atoms with Gasteiger partial charge in [0.25, 0.3) is 0 Å². The van der Waals surface area contributed by atoms with Crippen molar-refractivity contribution in [3.8, 4) is 0 Å². The predicted molar refractivity (Wildman–Crippen MR) is 85.0 cm³/mol. The number of piperazine rings is 1. The van der Waals surface area contributed by atoms with Crippen LogP contribution in [0.2, 0.25) is 0 Å². The van der Waals surface area contributed by atoms with Crippen molar-refractivity contribution in [2.75, 3.05) is 50.7 Å². The Balaban J connectivity index is 1.38. The quantitative estimate of drug-likeness (QED) is 0.877. The molecule has 0 saturated carbocycles. The van der Waals surface area contributed by atoms with Crippen LogP contribution in [0.1, 0.15) is 12.8 Å². The molecule has 2 aliphatic heterocycles. The first-order valence-corrected chi connectivity index (χ1v) is 8.22. The van der Waals surface area contributed by atoms with Gasteiger partial charge in [-0.1, -0.05) is 0 Å². The lowest BCUT2D eigenvalue weighted by Crippen LogP contribution is -2.49. The van der Waals surface area contributed by atoms with Gasteiger partial charge in [-0.15, -0.1) is 0 Å². The van der Waals surface area contributed by atoms with Crippen LogP contribution in [0, 0.1) is 5.92 Å². The van der Waals surface area contributed by atoms with E-state index in [4.69, 9.17) is 0 Å². The highest BCUT2D eigenvalue weighted by molar-refractivity contribution is 5.46. The van der Waals surface area contributed by atoms with Crippen LogP contribution in [0.5, 0.6) is 0 Å². The molecule has 1 unspecified atom stereocenters. The van der Waals surface area contributed by atoms with E-state index in [1.165, 1.54) is 32.5 Å². The number of nitrogens with zero attached hydrogens (tertiary/aromatic N) is 6. The number of nitrogens with one attached hydrogen (secondary N) is 1. The highest BCUT2D eigenvalue weighted by Gasteiger charge is 2.22. The summed E-state index contributed by atoms with van der Waals surface area (Å²) in [5.41, 5.74) is 0.813. The van der Waals surface area contributed by atoms with Gasteiger partial charge in [0.2, 0.25) is 0 Å². The number of fused-ring (bicyclic) bond motifs is 1. The summed E-state index contributed by atoms with van der Waals surface area (Å²) in [6.07, 6.45) is 7.93. The SMILES string of the molecule is c1nc2cncc(N3CCN(CC4CCCNC4)CC3)n2n1. The zero-order chi connectivity index (χ0) is 14.8. The molecule has 0 spiro atoms. The van der Waals surface area contributed by atoms with E-state index in [-0.39, 0.29) is 0 Å². The molecule has 1 N–H and O–H groups in total. The van der Waals surface area contributed by atoms with Gasteiger partial charge in [-0.2, -0.15) is 9.61 Å². The van der Waals surface area contributed by atoms with E-state index in [2.05, 4.69) is 30.2 Å². The molecule has 0 amide bonds. The molecule has 0 bridgehead atoms. The fourth-order valence-corrected chi connectivity index (χ4v) is 3.56. The Kier molecular flexibility index (Phi) is 3.90. The van der Waals surface area contributed by atoms with Gasteiger partial charge in [-0.3, -0.25) is 9.88 Å². The maximum atomic E-state index is 4.31. The van der Waals surface area contributed by atoms with Crippen molar-refractivity contribution in [2.24, 2.45) is 5.92 Å². The largest absolute Gasteiger partial charge is 0.353 e.